The first-order valence-corrected chi connectivity index (χ1v) is 4.77. The van der Waals surface area contributed by atoms with Crippen LogP contribution in [0.25, 0.3) is 11.3 Å². The van der Waals surface area contributed by atoms with E-state index >= 15 is 0 Å². The van der Waals surface area contributed by atoms with Crippen LogP contribution in [0.3, 0.4) is 0 Å². The van der Waals surface area contributed by atoms with Gasteiger partial charge in [-0.1, -0.05) is 18.2 Å². The molecule has 0 fully saturated rings. The van der Waals surface area contributed by atoms with Crippen LogP contribution in [0.15, 0.2) is 42.6 Å². The largest absolute Gasteiger partial charge is 0.361 e. The van der Waals surface area contributed by atoms with Crippen molar-refractivity contribution in [3.05, 3.63) is 48.2 Å². The molecular weight excluding hydrogens is 172 g/mol. The second kappa shape index (κ2) is 4.11. The van der Waals surface area contributed by atoms with Gasteiger partial charge < -0.3 is 10.3 Å². The summed E-state index contributed by atoms with van der Waals surface area (Å²) in [5.74, 6) is 0. The van der Waals surface area contributed by atoms with Gasteiger partial charge in [0.25, 0.3) is 0 Å². The third kappa shape index (κ3) is 1.86. The summed E-state index contributed by atoms with van der Waals surface area (Å²) in [5.41, 5.74) is 3.71. The Hall–Kier alpha value is -1.54. The minimum absolute atomic E-state index is 0.911. The first-order chi connectivity index (χ1) is 6.90. The van der Waals surface area contributed by atoms with Crippen LogP contribution >= 0.6 is 0 Å². The van der Waals surface area contributed by atoms with Gasteiger partial charge in [0.2, 0.25) is 0 Å². The molecule has 2 aromatic rings. The molecule has 2 N–H and O–H groups in total. The maximum Gasteiger partial charge on any atom is 0.0453 e. The fraction of sp³-hybridized carbons (Fsp3) is 0.167. The molecule has 0 aliphatic heterocycles. The third-order valence-electron chi connectivity index (χ3n) is 2.22. The van der Waals surface area contributed by atoms with E-state index in [2.05, 4.69) is 40.6 Å². The topological polar surface area (TPSA) is 27.8 Å². The number of nitrogens with one attached hydrogen (secondary N) is 2. The smallest absolute Gasteiger partial charge is 0.0453 e. The highest BCUT2D eigenvalue weighted by Gasteiger charge is 1.98. The summed E-state index contributed by atoms with van der Waals surface area (Å²) < 4.78 is 0. The molecule has 0 saturated heterocycles. The summed E-state index contributed by atoms with van der Waals surface area (Å²) in [5, 5.41) is 3.15. The number of hydrogen-bond acceptors (Lipinski definition) is 1. The predicted molar refractivity (Wildman–Crippen MR) is 59.0 cm³/mol. The van der Waals surface area contributed by atoms with Gasteiger partial charge in [-0.15, -0.1) is 0 Å². The number of hydrogen-bond donors (Lipinski definition) is 2. The average Bonchev–Trinajstić information content (AvgIpc) is 2.71. The van der Waals surface area contributed by atoms with E-state index in [-0.39, 0.29) is 0 Å². The zero-order valence-electron chi connectivity index (χ0n) is 8.25. The van der Waals surface area contributed by atoms with E-state index in [1.165, 1.54) is 16.8 Å². The monoisotopic (exact) mass is 186 g/mol. The summed E-state index contributed by atoms with van der Waals surface area (Å²) in [4.78, 5) is 3.20. The minimum Gasteiger partial charge on any atom is -0.361 e. The maximum atomic E-state index is 3.20. The van der Waals surface area contributed by atoms with E-state index < -0.39 is 0 Å². The number of aromatic amines is 1. The molecule has 1 heterocycles. The predicted octanol–water partition coefficient (Wildman–Crippen LogP) is 2.40. The molecule has 14 heavy (non-hydrogen) atoms. The molecule has 1 aromatic carbocycles. The Kier molecular flexibility index (Phi) is 2.65. The number of benzene rings is 1. The van der Waals surface area contributed by atoms with Crippen molar-refractivity contribution in [1.29, 1.82) is 0 Å². The lowest BCUT2D eigenvalue weighted by Gasteiger charge is -2.02. The second-order valence-corrected chi connectivity index (χ2v) is 3.31. The molecule has 0 bridgehead atoms. The van der Waals surface area contributed by atoms with Gasteiger partial charge in [-0.25, -0.2) is 0 Å². The molecule has 2 rings (SSSR count). The molecule has 1 aromatic heterocycles. The van der Waals surface area contributed by atoms with Crippen LogP contribution in [-0.2, 0) is 6.54 Å². The Morgan fingerprint density at radius 3 is 2.86 bits per heavy atom. The van der Waals surface area contributed by atoms with E-state index in [4.69, 9.17) is 0 Å². The average molecular weight is 186 g/mol. The molecule has 0 saturated carbocycles. The van der Waals surface area contributed by atoms with Crippen molar-refractivity contribution < 1.29 is 0 Å². The molecule has 0 amide bonds. The van der Waals surface area contributed by atoms with Crippen molar-refractivity contribution in [3.8, 4) is 11.3 Å². The Balaban J connectivity index is 2.31. The maximum absolute atomic E-state index is 3.20. The highest BCUT2D eigenvalue weighted by Crippen LogP contribution is 2.17. The molecule has 0 aliphatic rings. The van der Waals surface area contributed by atoms with Crippen molar-refractivity contribution in [2.24, 2.45) is 0 Å². The van der Waals surface area contributed by atoms with E-state index in [0.717, 1.165) is 6.54 Å². The summed E-state index contributed by atoms with van der Waals surface area (Å²) >= 11 is 0. The van der Waals surface area contributed by atoms with Crippen LogP contribution in [0, 0.1) is 0 Å². The van der Waals surface area contributed by atoms with Crippen LogP contribution in [0.2, 0.25) is 0 Å². The van der Waals surface area contributed by atoms with E-state index in [1.807, 2.05) is 19.3 Å². The summed E-state index contributed by atoms with van der Waals surface area (Å²) in [6.45, 7) is 0.911. The van der Waals surface area contributed by atoms with E-state index in [0.29, 0.717) is 0 Å². The lowest BCUT2D eigenvalue weighted by Crippen LogP contribution is -2.04. The third-order valence-corrected chi connectivity index (χ3v) is 2.22. The van der Waals surface area contributed by atoms with Crippen LogP contribution in [-0.4, -0.2) is 12.0 Å². The van der Waals surface area contributed by atoms with Gasteiger partial charge in [0.1, 0.15) is 0 Å². The summed E-state index contributed by atoms with van der Waals surface area (Å²) in [6, 6.07) is 12.6. The molecule has 0 unspecified atom stereocenters. The fourth-order valence-corrected chi connectivity index (χ4v) is 1.56. The first kappa shape index (κ1) is 9.03. The van der Waals surface area contributed by atoms with Gasteiger partial charge in [0.05, 0.1) is 0 Å². The number of rotatable bonds is 3. The van der Waals surface area contributed by atoms with Crippen LogP contribution in [0.1, 0.15) is 5.56 Å². The minimum atomic E-state index is 0.911. The zero-order valence-corrected chi connectivity index (χ0v) is 8.25. The lowest BCUT2D eigenvalue weighted by atomic mass is 10.1. The van der Waals surface area contributed by atoms with Gasteiger partial charge in [0.15, 0.2) is 0 Å². The molecule has 0 aliphatic carbocycles. The van der Waals surface area contributed by atoms with Gasteiger partial charge in [-0.3, -0.25) is 0 Å². The number of aromatic nitrogens is 1. The number of H-pyrrole nitrogens is 1. The van der Waals surface area contributed by atoms with Gasteiger partial charge >= 0.3 is 0 Å². The normalized spacial score (nSPS) is 10.4. The molecule has 72 valence electrons. The van der Waals surface area contributed by atoms with Crippen molar-refractivity contribution >= 4 is 0 Å². The Labute approximate surface area is 84.0 Å². The Bertz CT molecular complexity index is 390. The van der Waals surface area contributed by atoms with Crippen LogP contribution in [0.5, 0.6) is 0 Å². The highest BCUT2D eigenvalue weighted by molar-refractivity contribution is 5.60. The van der Waals surface area contributed by atoms with Crippen molar-refractivity contribution in [1.82, 2.24) is 10.3 Å². The van der Waals surface area contributed by atoms with Crippen molar-refractivity contribution in [2.75, 3.05) is 7.05 Å². The van der Waals surface area contributed by atoms with E-state index in [9.17, 15) is 0 Å². The molecule has 0 spiro atoms. The summed E-state index contributed by atoms with van der Waals surface area (Å²) in [7, 11) is 1.96. The Morgan fingerprint density at radius 2 is 2.14 bits per heavy atom. The standard InChI is InChI=1S/C12H14N2/c1-13-9-10-4-2-5-11(8-10)12-6-3-7-14-12/h2-8,13-14H,9H2,1H3. The lowest BCUT2D eigenvalue weighted by molar-refractivity contribution is 0.818. The van der Waals surface area contributed by atoms with Gasteiger partial charge in [0, 0.05) is 18.4 Å². The van der Waals surface area contributed by atoms with Crippen molar-refractivity contribution in [2.45, 2.75) is 6.54 Å². The zero-order chi connectivity index (χ0) is 9.80. The van der Waals surface area contributed by atoms with E-state index in [1.54, 1.807) is 0 Å². The van der Waals surface area contributed by atoms with Gasteiger partial charge in [-0.05, 0) is 36.4 Å². The molecule has 0 atom stereocenters. The molecule has 2 nitrogen and oxygen atoms in total. The quantitative estimate of drug-likeness (QED) is 0.757. The summed E-state index contributed by atoms with van der Waals surface area (Å²) in [6.07, 6.45) is 1.94. The Morgan fingerprint density at radius 1 is 1.21 bits per heavy atom. The molecule has 2 heteroatoms. The molecule has 0 radical (unpaired) electrons. The highest BCUT2D eigenvalue weighted by atomic mass is 14.8. The van der Waals surface area contributed by atoms with Crippen LogP contribution < -0.4 is 5.32 Å². The SMILES string of the molecule is CNCc1cccc(-c2ccc[nH]2)c1. The van der Waals surface area contributed by atoms with Crippen LogP contribution in [0.4, 0.5) is 0 Å². The van der Waals surface area contributed by atoms with Gasteiger partial charge in [-0.2, -0.15) is 0 Å². The second-order valence-electron chi connectivity index (χ2n) is 3.31. The molecular formula is C12H14N2. The van der Waals surface area contributed by atoms with Crippen molar-refractivity contribution in [3.63, 3.8) is 0 Å². The fourth-order valence-electron chi connectivity index (χ4n) is 1.56. The first-order valence-electron chi connectivity index (χ1n) is 4.77.